The van der Waals surface area contributed by atoms with Crippen LogP contribution < -0.4 is 0 Å². The van der Waals surface area contributed by atoms with Crippen molar-refractivity contribution < 1.29 is 0 Å². The van der Waals surface area contributed by atoms with E-state index in [0.29, 0.717) is 11.1 Å². The zero-order chi connectivity index (χ0) is 15.0. The van der Waals surface area contributed by atoms with E-state index in [0.717, 1.165) is 22.1 Å². The summed E-state index contributed by atoms with van der Waals surface area (Å²) in [6, 6.07) is 12.5. The predicted octanol–water partition coefficient (Wildman–Crippen LogP) is 5.62. The normalized spacial score (nSPS) is 11.5. The molecule has 2 nitrogen and oxygen atoms in total. The van der Waals surface area contributed by atoms with Crippen LogP contribution in [0.1, 0.15) is 30.9 Å². The molecule has 0 bridgehead atoms. The van der Waals surface area contributed by atoms with Gasteiger partial charge >= 0.3 is 0 Å². The third kappa shape index (κ3) is 2.85. The number of aromatic nitrogens is 2. The first-order valence-corrected chi connectivity index (χ1v) is 8.12. The molecule has 4 heteroatoms. The maximum absolute atomic E-state index is 6.18. The van der Waals surface area contributed by atoms with Gasteiger partial charge in [0.05, 0.1) is 4.47 Å². The molecule has 3 aromatic rings. The van der Waals surface area contributed by atoms with E-state index in [1.807, 2.05) is 6.07 Å². The summed E-state index contributed by atoms with van der Waals surface area (Å²) in [5.41, 5.74) is 3.49. The molecule has 0 unspecified atom stereocenters. The van der Waals surface area contributed by atoms with E-state index in [1.165, 1.54) is 11.1 Å². The van der Waals surface area contributed by atoms with Gasteiger partial charge in [-0.25, -0.2) is 4.98 Å². The molecule has 1 aromatic carbocycles. The second kappa shape index (κ2) is 5.82. The largest absolute Gasteiger partial charge is 0.328 e. The van der Waals surface area contributed by atoms with E-state index in [4.69, 9.17) is 11.6 Å². The van der Waals surface area contributed by atoms with Crippen LogP contribution in [0.15, 0.2) is 47.1 Å². The summed E-state index contributed by atoms with van der Waals surface area (Å²) >= 11 is 9.65. The Balaban J connectivity index is 2.16. The lowest BCUT2D eigenvalue weighted by Crippen LogP contribution is -1.99. The van der Waals surface area contributed by atoms with Crippen LogP contribution >= 0.6 is 27.5 Å². The number of hydrogen-bond acceptors (Lipinski definition) is 1. The van der Waals surface area contributed by atoms with Gasteiger partial charge in [-0.15, -0.1) is 0 Å². The van der Waals surface area contributed by atoms with Gasteiger partial charge in [0.1, 0.15) is 10.8 Å². The fraction of sp³-hybridized carbons (Fsp3) is 0.235. The number of halogens is 2. The lowest BCUT2D eigenvalue weighted by atomic mass is 10.0. The minimum Gasteiger partial charge on any atom is -0.328 e. The third-order valence-electron chi connectivity index (χ3n) is 3.61. The highest BCUT2D eigenvalue weighted by Crippen LogP contribution is 2.32. The summed E-state index contributed by atoms with van der Waals surface area (Å²) in [6.45, 7) is 5.20. The van der Waals surface area contributed by atoms with Crippen LogP contribution in [0.3, 0.4) is 0 Å². The molecule has 3 rings (SSSR count). The maximum atomic E-state index is 6.18. The van der Waals surface area contributed by atoms with Crippen LogP contribution in [0, 0.1) is 0 Å². The molecular formula is C17H16BrClN2. The summed E-state index contributed by atoms with van der Waals surface area (Å²) in [5, 5.41) is 1.67. The molecule has 0 aliphatic carbocycles. The van der Waals surface area contributed by atoms with Crippen molar-refractivity contribution in [1.82, 2.24) is 9.55 Å². The van der Waals surface area contributed by atoms with Crippen molar-refractivity contribution in [2.24, 2.45) is 0 Å². The third-order valence-corrected chi connectivity index (χ3v) is 4.73. The Morgan fingerprint density at radius 2 is 1.95 bits per heavy atom. The van der Waals surface area contributed by atoms with Gasteiger partial charge in [-0.1, -0.05) is 55.8 Å². The molecule has 0 saturated heterocycles. The smallest absolute Gasteiger partial charge is 0.145 e. The maximum Gasteiger partial charge on any atom is 0.145 e. The highest BCUT2D eigenvalue weighted by molar-refractivity contribution is 9.10. The number of benzene rings is 1. The van der Waals surface area contributed by atoms with E-state index >= 15 is 0 Å². The van der Waals surface area contributed by atoms with Crippen molar-refractivity contribution in [3.05, 3.63) is 63.3 Å². The lowest BCUT2D eigenvalue weighted by Gasteiger charge is -2.05. The molecule has 0 saturated carbocycles. The van der Waals surface area contributed by atoms with Crippen molar-refractivity contribution in [2.75, 3.05) is 0 Å². The van der Waals surface area contributed by atoms with Gasteiger partial charge in [0, 0.05) is 18.1 Å². The first-order chi connectivity index (χ1) is 10.1. The average Bonchev–Trinajstić information content (AvgIpc) is 2.79. The van der Waals surface area contributed by atoms with Gasteiger partial charge in [-0.3, -0.25) is 0 Å². The number of fused-ring (bicyclic) bond motifs is 1. The van der Waals surface area contributed by atoms with Gasteiger partial charge in [-0.2, -0.15) is 0 Å². The van der Waals surface area contributed by atoms with Crippen LogP contribution in [0.2, 0.25) is 5.15 Å². The molecule has 0 amide bonds. The van der Waals surface area contributed by atoms with E-state index in [2.05, 4.69) is 75.9 Å². The molecule has 0 radical (unpaired) electrons. The fourth-order valence-electron chi connectivity index (χ4n) is 2.55. The molecule has 108 valence electrons. The fourth-order valence-corrected chi connectivity index (χ4v) is 3.00. The Bertz CT molecular complexity index is 778. The Morgan fingerprint density at radius 1 is 1.24 bits per heavy atom. The summed E-state index contributed by atoms with van der Waals surface area (Å²) in [4.78, 5) is 4.56. The number of pyridine rings is 1. The molecule has 0 aliphatic rings. The second-order valence-corrected chi connectivity index (χ2v) is 6.70. The van der Waals surface area contributed by atoms with Gasteiger partial charge in [-0.05, 0) is 39.0 Å². The molecule has 21 heavy (non-hydrogen) atoms. The monoisotopic (exact) mass is 362 g/mol. The molecular weight excluding hydrogens is 348 g/mol. The Hall–Kier alpha value is -1.32. The number of hydrogen-bond donors (Lipinski definition) is 0. The topological polar surface area (TPSA) is 17.8 Å². The molecule has 0 spiro atoms. The minimum absolute atomic E-state index is 0.444. The SMILES string of the molecule is CC(C)c1cn(Cc2ccccc2)c2nc(Cl)c(Br)cc12. The summed E-state index contributed by atoms with van der Waals surface area (Å²) < 4.78 is 3.02. The second-order valence-electron chi connectivity index (χ2n) is 5.48. The van der Waals surface area contributed by atoms with Crippen LogP contribution in [0.4, 0.5) is 0 Å². The van der Waals surface area contributed by atoms with E-state index in [1.54, 1.807) is 0 Å². The van der Waals surface area contributed by atoms with Crippen LogP contribution in [-0.2, 0) is 6.54 Å². The molecule has 0 atom stereocenters. The highest BCUT2D eigenvalue weighted by Gasteiger charge is 2.15. The standard InChI is InChI=1S/C17H16BrClN2/c1-11(2)14-10-21(9-12-6-4-3-5-7-12)17-13(14)8-15(18)16(19)20-17/h3-8,10-11H,9H2,1-2H3. The molecule has 2 heterocycles. The van der Waals surface area contributed by atoms with E-state index in [-0.39, 0.29) is 0 Å². The van der Waals surface area contributed by atoms with Crippen molar-refractivity contribution in [3.8, 4) is 0 Å². The van der Waals surface area contributed by atoms with Crippen molar-refractivity contribution in [3.63, 3.8) is 0 Å². The van der Waals surface area contributed by atoms with Gasteiger partial charge in [0.25, 0.3) is 0 Å². The minimum atomic E-state index is 0.444. The quantitative estimate of drug-likeness (QED) is 0.552. The van der Waals surface area contributed by atoms with E-state index < -0.39 is 0 Å². The van der Waals surface area contributed by atoms with Crippen LogP contribution in [0.25, 0.3) is 11.0 Å². The van der Waals surface area contributed by atoms with Gasteiger partial charge < -0.3 is 4.57 Å². The Kier molecular flexibility index (Phi) is 4.05. The van der Waals surface area contributed by atoms with Gasteiger partial charge in [0.15, 0.2) is 0 Å². The summed E-state index contributed by atoms with van der Waals surface area (Å²) in [5.74, 6) is 0.444. The van der Waals surface area contributed by atoms with E-state index in [9.17, 15) is 0 Å². The Morgan fingerprint density at radius 3 is 2.62 bits per heavy atom. The molecule has 0 fully saturated rings. The Labute approximate surface area is 137 Å². The summed E-state index contributed by atoms with van der Waals surface area (Å²) in [6.07, 6.45) is 2.19. The van der Waals surface area contributed by atoms with Crippen molar-refractivity contribution in [2.45, 2.75) is 26.3 Å². The number of rotatable bonds is 3. The first kappa shape index (κ1) is 14.6. The summed E-state index contributed by atoms with van der Waals surface area (Å²) in [7, 11) is 0. The lowest BCUT2D eigenvalue weighted by molar-refractivity contribution is 0.802. The zero-order valence-electron chi connectivity index (χ0n) is 12.0. The molecule has 2 aromatic heterocycles. The zero-order valence-corrected chi connectivity index (χ0v) is 14.3. The number of nitrogens with zero attached hydrogens (tertiary/aromatic N) is 2. The van der Waals surface area contributed by atoms with Crippen molar-refractivity contribution >= 4 is 38.6 Å². The van der Waals surface area contributed by atoms with Crippen LogP contribution in [0.5, 0.6) is 0 Å². The predicted molar refractivity (Wildman–Crippen MR) is 92.1 cm³/mol. The van der Waals surface area contributed by atoms with Gasteiger partial charge in [0.2, 0.25) is 0 Å². The molecule has 0 N–H and O–H groups in total. The highest BCUT2D eigenvalue weighted by atomic mass is 79.9. The van der Waals surface area contributed by atoms with Crippen LogP contribution in [-0.4, -0.2) is 9.55 Å². The first-order valence-electron chi connectivity index (χ1n) is 6.95. The van der Waals surface area contributed by atoms with Crippen molar-refractivity contribution in [1.29, 1.82) is 0 Å². The molecule has 0 aliphatic heterocycles. The average molecular weight is 364 g/mol.